The maximum absolute atomic E-state index is 13.2. The van der Waals surface area contributed by atoms with Gasteiger partial charge in [0.25, 0.3) is 0 Å². The van der Waals surface area contributed by atoms with E-state index in [9.17, 15) is 4.79 Å². The fourth-order valence-electron chi connectivity index (χ4n) is 2.94. The minimum Gasteiger partial charge on any atom is -0.483 e. The fraction of sp³-hybridized carbons (Fsp3) is 0.300. The van der Waals surface area contributed by atoms with Crippen LogP contribution < -0.4 is 4.74 Å². The molecule has 0 bridgehead atoms. The second-order valence-corrected chi connectivity index (χ2v) is 8.14. The van der Waals surface area contributed by atoms with Crippen molar-refractivity contribution in [3.05, 3.63) is 64.7 Å². The molecule has 0 aliphatic carbocycles. The van der Waals surface area contributed by atoms with Gasteiger partial charge in [-0.2, -0.15) is 0 Å². The number of para-hydroxylation sites is 1. The van der Waals surface area contributed by atoms with Crippen molar-refractivity contribution in [3.8, 4) is 5.75 Å². The summed E-state index contributed by atoms with van der Waals surface area (Å²) >= 11 is 13.0. The van der Waals surface area contributed by atoms with Crippen molar-refractivity contribution in [1.82, 2.24) is 4.90 Å². The van der Waals surface area contributed by atoms with E-state index in [0.29, 0.717) is 16.3 Å². The lowest BCUT2D eigenvalue weighted by Gasteiger charge is -2.34. The lowest BCUT2D eigenvalue weighted by atomic mass is 9.96. The van der Waals surface area contributed by atoms with Gasteiger partial charge >= 0.3 is 0 Å². The average molecular weight is 406 g/mol. The predicted octanol–water partition coefficient (Wildman–Crippen LogP) is 5.38. The highest BCUT2D eigenvalue weighted by atomic mass is 35.5. The van der Waals surface area contributed by atoms with E-state index in [0.717, 1.165) is 23.0 Å². The molecule has 136 valence electrons. The van der Waals surface area contributed by atoms with Crippen LogP contribution >= 0.6 is 35.6 Å². The summed E-state index contributed by atoms with van der Waals surface area (Å²) in [5.74, 6) is 0.661. The molecule has 1 aliphatic heterocycles. The number of benzene rings is 2. The highest BCUT2D eigenvalue weighted by Gasteiger charge is 2.39. The van der Waals surface area contributed by atoms with Crippen LogP contribution in [-0.4, -0.2) is 33.3 Å². The molecule has 0 radical (unpaired) electrons. The number of hydrogen-bond acceptors (Lipinski definition) is 4. The summed E-state index contributed by atoms with van der Waals surface area (Å²) in [6.07, 6.45) is -0.409. The summed E-state index contributed by atoms with van der Waals surface area (Å²) in [6, 6.07) is 14.8. The Hall–Kier alpha value is -1.56. The van der Waals surface area contributed by atoms with Crippen molar-refractivity contribution < 1.29 is 9.53 Å². The minimum atomic E-state index is -0.431. The van der Waals surface area contributed by atoms with Crippen molar-refractivity contribution in [3.63, 3.8) is 0 Å². The van der Waals surface area contributed by atoms with Gasteiger partial charge in [-0.1, -0.05) is 59.8 Å². The molecule has 0 N–H and O–H groups in total. The SMILES string of the molecule is CCN(CC)C(=S)SC1C(=O)c2ccccc2OC1c1ccc(Cl)cc1. The number of halogens is 1. The number of Topliss-reactive ketones (excluding diaryl/α,β-unsaturated/α-hetero) is 1. The number of carbonyl (C=O) groups excluding carboxylic acids is 1. The smallest absolute Gasteiger partial charge is 0.184 e. The van der Waals surface area contributed by atoms with Crippen molar-refractivity contribution in [2.75, 3.05) is 13.1 Å². The van der Waals surface area contributed by atoms with Crippen LogP contribution in [0, 0.1) is 0 Å². The molecule has 0 saturated carbocycles. The second-order valence-electron chi connectivity index (χ2n) is 5.93. The molecule has 2 atom stereocenters. The van der Waals surface area contributed by atoms with E-state index in [1.54, 1.807) is 0 Å². The largest absolute Gasteiger partial charge is 0.483 e. The highest BCUT2D eigenvalue weighted by Crippen LogP contribution is 2.41. The Labute approximate surface area is 168 Å². The van der Waals surface area contributed by atoms with E-state index < -0.39 is 11.4 Å². The Kier molecular flexibility index (Phi) is 6.22. The van der Waals surface area contributed by atoms with Crippen molar-refractivity contribution in [2.24, 2.45) is 0 Å². The summed E-state index contributed by atoms with van der Waals surface area (Å²) in [5.41, 5.74) is 1.52. The Morgan fingerprint density at radius 1 is 1.15 bits per heavy atom. The van der Waals surface area contributed by atoms with Gasteiger partial charge in [-0.15, -0.1) is 0 Å². The van der Waals surface area contributed by atoms with Gasteiger partial charge in [-0.25, -0.2) is 0 Å². The van der Waals surface area contributed by atoms with Crippen LogP contribution in [0.2, 0.25) is 5.02 Å². The molecule has 2 aromatic rings. The third-order valence-corrected chi connectivity index (χ3v) is 6.36. The Balaban J connectivity index is 1.97. The van der Waals surface area contributed by atoms with Crippen molar-refractivity contribution in [2.45, 2.75) is 25.2 Å². The first-order valence-electron chi connectivity index (χ1n) is 8.56. The Morgan fingerprint density at radius 2 is 1.81 bits per heavy atom. The Bertz CT molecular complexity index is 806. The van der Waals surface area contributed by atoms with Gasteiger partial charge < -0.3 is 9.64 Å². The van der Waals surface area contributed by atoms with Crippen molar-refractivity contribution in [1.29, 1.82) is 0 Å². The lowest BCUT2D eigenvalue weighted by molar-refractivity contribution is 0.0868. The van der Waals surface area contributed by atoms with Gasteiger partial charge in [0.1, 0.15) is 21.4 Å². The number of thioether (sulfide) groups is 1. The van der Waals surface area contributed by atoms with Crippen LogP contribution in [-0.2, 0) is 0 Å². The van der Waals surface area contributed by atoms with E-state index in [1.807, 2.05) is 48.5 Å². The van der Waals surface area contributed by atoms with Crippen molar-refractivity contribution >= 4 is 45.7 Å². The molecule has 0 amide bonds. The summed E-state index contributed by atoms with van der Waals surface area (Å²) in [7, 11) is 0. The zero-order chi connectivity index (χ0) is 18.7. The van der Waals surface area contributed by atoms with Gasteiger partial charge in [0, 0.05) is 18.1 Å². The van der Waals surface area contributed by atoms with E-state index >= 15 is 0 Å². The third-order valence-electron chi connectivity index (χ3n) is 4.39. The number of rotatable bonds is 4. The first kappa shape index (κ1) is 19.2. The number of ether oxygens (including phenoxy) is 1. The minimum absolute atomic E-state index is 0.0475. The summed E-state index contributed by atoms with van der Waals surface area (Å²) in [4.78, 5) is 15.3. The van der Waals surface area contributed by atoms with Crippen LogP contribution in [0.25, 0.3) is 0 Å². The highest BCUT2D eigenvalue weighted by molar-refractivity contribution is 8.23. The van der Waals surface area contributed by atoms with Gasteiger partial charge in [-0.05, 0) is 43.7 Å². The normalized spacial score (nSPS) is 18.8. The first-order valence-corrected chi connectivity index (χ1v) is 10.2. The molecule has 3 nitrogen and oxygen atoms in total. The van der Waals surface area contributed by atoms with Crippen LogP contribution in [0.1, 0.15) is 35.9 Å². The molecule has 0 saturated heterocycles. The zero-order valence-corrected chi connectivity index (χ0v) is 17.0. The number of fused-ring (bicyclic) bond motifs is 1. The Morgan fingerprint density at radius 3 is 2.46 bits per heavy atom. The lowest BCUT2D eigenvalue weighted by Crippen LogP contribution is -2.37. The molecule has 2 aromatic carbocycles. The molecular weight excluding hydrogens is 386 g/mol. The van der Waals surface area contributed by atoms with Gasteiger partial charge in [0.05, 0.1) is 5.56 Å². The van der Waals surface area contributed by atoms with Gasteiger partial charge in [-0.3, -0.25) is 4.79 Å². The number of nitrogens with zero attached hydrogens (tertiary/aromatic N) is 1. The number of carbonyl (C=O) groups is 1. The molecule has 26 heavy (non-hydrogen) atoms. The average Bonchev–Trinajstić information content (AvgIpc) is 2.65. The van der Waals surface area contributed by atoms with Crippen LogP contribution in [0.4, 0.5) is 0 Å². The van der Waals surface area contributed by atoms with E-state index in [1.165, 1.54) is 11.8 Å². The molecule has 0 fully saturated rings. The number of thiocarbonyl (C=S) groups is 1. The van der Waals surface area contributed by atoms with Crippen LogP contribution in [0.5, 0.6) is 5.75 Å². The fourth-order valence-corrected chi connectivity index (χ4v) is 4.83. The zero-order valence-electron chi connectivity index (χ0n) is 14.6. The molecule has 1 heterocycles. The molecule has 3 rings (SSSR count). The molecule has 6 heteroatoms. The first-order chi connectivity index (χ1) is 12.5. The topological polar surface area (TPSA) is 29.5 Å². The van der Waals surface area contributed by atoms with E-state index in [4.69, 9.17) is 28.6 Å². The van der Waals surface area contributed by atoms with Crippen LogP contribution in [0.15, 0.2) is 48.5 Å². The summed E-state index contributed by atoms with van der Waals surface area (Å²) in [5, 5.41) is 0.221. The number of hydrogen-bond donors (Lipinski definition) is 0. The molecular formula is C20H20ClNO2S2. The molecule has 0 aromatic heterocycles. The number of ketones is 1. The molecule has 0 spiro atoms. The molecule has 1 aliphatic rings. The van der Waals surface area contributed by atoms with Gasteiger partial charge in [0.15, 0.2) is 5.78 Å². The van der Waals surface area contributed by atoms with E-state index in [-0.39, 0.29) is 5.78 Å². The maximum Gasteiger partial charge on any atom is 0.184 e. The molecule has 2 unspecified atom stereocenters. The maximum atomic E-state index is 13.2. The standard InChI is InChI=1S/C20H20ClNO2S2/c1-3-22(4-2)20(25)26-19-17(23)15-7-5-6-8-16(15)24-18(19)13-9-11-14(21)12-10-13/h5-12,18-19H,3-4H2,1-2H3. The third kappa shape index (κ3) is 3.90. The van der Waals surface area contributed by atoms with Crippen LogP contribution in [0.3, 0.4) is 0 Å². The predicted molar refractivity (Wildman–Crippen MR) is 112 cm³/mol. The monoisotopic (exact) mass is 405 g/mol. The summed E-state index contributed by atoms with van der Waals surface area (Å²) in [6.45, 7) is 5.74. The second kappa shape index (κ2) is 8.42. The van der Waals surface area contributed by atoms with Gasteiger partial charge in [0.2, 0.25) is 0 Å². The quantitative estimate of drug-likeness (QED) is 0.636. The van der Waals surface area contributed by atoms with E-state index in [2.05, 4.69) is 18.7 Å². The summed E-state index contributed by atoms with van der Waals surface area (Å²) < 4.78 is 6.94.